The van der Waals surface area contributed by atoms with Crippen molar-refractivity contribution in [2.24, 2.45) is 17.6 Å². The Bertz CT molecular complexity index is 186. The van der Waals surface area contributed by atoms with Crippen LogP contribution in [0.25, 0.3) is 0 Å². The molecule has 4 N–H and O–H groups in total. The molecule has 0 radical (unpaired) electrons. The van der Waals surface area contributed by atoms with Gasteiger partial charge in [-0.15, -0.1) is 0 Å². The summed E-state index contributed by atoms with van der Waals surface area (Å²) in [6, 6.07) is 0. The number of methoxy groups -OCH3 is 1. The number of carbonyl (C=O) groups is 1. The van der Waals surface area contributed by atoms with E-state index in [1.807, 2.05) is 0 Å². The van der Waals surface area contributed by atoms with E-state index in [1.165, 1.54) is 0 Å². The molecule has 0 rings (SSSR count). The van der Waals surface area contributed by atoms with Crippen molar-refractivity contribution in [2.75, 3.05) is 39.9 Å². The fraction of sp³-hybridized carbons (Fsp3) is 0.909. The maximum atomic E-state index is 11.3. The van der Waals surface area contributed by atoms with Crippen LogP contribution in [0.3, 0.4) is 0 Å². The van der Waals surface area contributed by atoms with E-state index in [-0.39, 0.29) is 5.91 Å². The minimum atomic E-state index is -0.00317. The third-order valence-corrected chi connectivity index (χ3v) is 2.57. The molecule has 0 saturated heterocycles. The molecular weight excluding hydrogens is 206 g/mol. The van der Waals surface area contributed by atoms with Crippen LogP contribution in [0.1, 0.15) is 13.8 Å². The molecule has 0 aromatic rings. The summed E-state index contributed by atoms with van der Waals surface area (Å²) in [6.45, 7) is 7.15. The van der Waals surface area contributed by atoms with Gasteiger partial charge in [-0.1, -0.05) is 13.8 Å². The first-order valence-electron chi connectivity index (χ1n) is 5.78. The number of carbonyl (C=O) groups excluding carboxylic acids is 1. The lowest BCUT2D eigenvalue weighted by Crippen LogP contribution is -2.39. The molecular formula is C11H25N3O2. The second-order valence-electron chi connectivity index (χ2n) is 4.21. The van der Waals surface area contributed by atoms with Crippen LogP contribution >= 0.6 is 0 Å². The van der Waals surface area contributed by atoms with E-state index in [0.717, 1.165) is 6.54 Å². The van der Waals surface area contributed by atoms with Crippen molar-refractivity contribution in [1.82, 2.24) is 10.6 Å². The third kappa shape index (κ3) is 7.62. The SMILES string of the molecule is COCCNC(=O)CNCC(CN)C(C)C. The monoisotopic (exact) mass is 231 g/mol. The highest BCUT2D eigenvalue weighted by atomic mass is 16.5. The number of amides is 1. The normalized spacial score (nSPS) is 12.8. The quantitative estimate of drug-likeness (QED) is 0.471. The van der Waals surface area contributed by atoms with Gasteiger partial charge in [0.2, 0.25) is 5.91 Å². The number of nitrogens with one attached hydrogen (secondary N) is 2. The fourth-order valence-corrected chi connectivity index (χ4v) is 1.32. The molecule has 5 heteroatoms. The van der Waals surface area contributed by atoms with Crippen LogP contribution < -0.4 is 16.4 Å². The summed E-state index contributed by atoms with van der Waals surface area (Å²) in [5.74, 6) is 0.956. The zero-order chi connectivity index (χ0) is 12.4. The Labute approximate surface area is 98.1 Å². The molecule has 0 aliphatic rings. The second-order valence-corrected chi connectivity index (χ2v) is 4.21. The molecule has 1 unspecified atom stereocenters. The summed E-state index contributed by atoms with van der Waals surface area (Å²) in [5.41, 5.74) is 5.63. The Morgan fingerprint density at radius 2 is 2.12 bits per heavy atom. The van der Waals surface area contributed by atoms with Crippen molar-refractivity contribution in [3.8, 4) is 0 Å². The van der Waals surface area contributed by atoms with E-state index in [2.05, 4.69) is 24.5 Å². The van der Waals surface area contributed by atoms with Crippen LogP contribution in [0.5, 0.6) is 0 Å². The van der Waals surface area contributed by atoms with Gasteiger partial charge in [0, 0.05) is 13.7 Å². The summed E-state index contributed by atoms with van der Waals surface area (Å²) in [6.07, 6.45) is 0. The average molecular weight is 231 g/mol. The van der Waals surface area contributed by atoms with Gasteiger partial charge in [0.1, 0.15) is 0 Å². The highest BCUT2D eigenvalue weighted by Gasteiger charge is 2.11. The summed E-state index contributed by atoms with van der Waals surface area (Å²) < 4.78 is 4.83. The van der Waals surface area contributed by atoms with Gasteiger partial charge in [-0.3, -0.25) is 4.79 Å². The van der Waals surface area contributed by atoms with Gasteiger partial charge < -0.3 is 21.1 Å². The van der Waals surface area contributed by atoms with Gasteiger partial charge in [-0.25, -0.2) is 0 Å². The molecule has 16 heavy (non-hydrogen) atoms. The van der Waals surface area contributed by atoms with Crippen LogP contribution in [0.15, 0.2) is 0 Å². The smallest absolute Gasteiger partial charge is 0.234 e. The maximum Gasteiger partial charge on any atom is 0.234 e. The molecule has 0 spiro atoms. The van der Waals surface area contributed by atoms with Gasteiger partial charge in [0.05, 0.1) is 13.2 Å². The predicted octanol–water partition coefficient (Wildman–Crippen LogP) is -0.430. The average Bonchev–Trinajstić information content (AvgIpc) is 2.24. The van der Waals surface area contributed by atoms with Crippen LogP contribution in [0.2, 0.25) is 0 Å². The number of nitrogens with two attached hydrogens (primary N) is 1. The first-order valence-corrected chi connectivity index (χ1v) is 5.78. The van der Waals surface area contributed by atoms with Crippen molar-refractivity contribution >= 4 is 5.91 Å². The van der Waals surface area contributed by atoms with Crippen LogP contribution in [-0.2, 0) is 9.53 Å². The zero-order valence-corrected chi connectivity index (χ0v) is 10.6. The van der Waals surface area contributed by atoms with Crippen LogP contribution in [-0.4, -0.2) is 45.8 Å². The van der Waals surface area contributed by atoms with Gasteiger partial charge in [-0.05, 0) is 24.9 Å². The molecule has 96 valence electrons. The molecule has 0 aliphatic carbocycles. The molecule has 0 heterocycles. The van der Waals surface area contributed by atoms with Crippen LogP contribution in [0, 0.1) is 11.8 Å². The lowest BCUT2D eigenvalue weighted by Gasteiger charge is -2.19. The number of rotatable bonds is 9. The highest BCUT2D eigenvalue weighted by Crippen LogP contribution is 2.06. The molecule has 1 atom stereocenters. The van der Waals surface area contributed by atoms with Gasteiger partial charge in [0.15, 0.2) is 0 Å². The van der Waals surface area contributed by atoms with Gasteiger partial charge in [-0.2, -0.15) is 0 Å². The molecule has 0 fully saturated rings. The summed E-state index contributed by atoms with van der Waals surface area (Å²) >= 11 is 0. The van der Waals surface area contributed by atoms with E-state index in [9.17, 15) is 4.79 Å². The number of hydrogen-bond donors (Lipinski definition) is 3. The first kappa shape index (κ1) is 15.3. The van der Waals surface area contributed by atoms with E-state index < -0.39 is 0 Å². The molecule has 0 aromatic carbocycles. The number of ether oxygens (including phenoxy) is 1. The Hall–Kier alpha value is -0.650. The summed E-state index contributed by atoms with van der Waals surface area (Å²) in [4.78, 5) is 11.3. The van der Waals surface area contributed by atoms with Crippen molar-refractivity contribution in [1.29, 1.82) is 0 Å². The zero-order valence-electron chi connectivity index (χ0n) is 10.6. The Balaban J connectivity index is 3.52. The fourth-order valence-electron chi connectivity index (χ4n) is 1.32. The van der Waals surface area contributed by atoms with E-state index in [4.69, 9.17) is 10.5 Å². The topological polar surface area (TPSA) is 76.4 Å². The lowest BCUT2D eigenvalue weighted by molar-refractivity contribution is -0.120. The second kappa shape index (κ2) is 9.57. The van der Waals surface area contributed by atoms with Gasteiger partial charge >= 0.3 is 0 Å². The Morgan fingerprint density at radius 3 is 2.62 bits per heavy atom. The molecule has 0 bridgehead atoms. The predicted molar refractivity (Wildman–Crippen MR) is 65.1 cm³/mol. The maximum absolute atomic E-state index is 11.3. The highest BCUT2D eigenvalue weighted by molar-refractivity contribution is 5.77. The Morgan fingerprint density at radius 1 is 1.44 bits per heavy atom. The summed E-state index contributed by atoms with van der Waals surface area (Å²) in [7, 11) is 1.61. The van der Waals surface area contributed by atoms with Crippen molar-refractivity contribution in [3.05, 3.63) is 0 Å². The largest absolute Gasteiger partial charge is 0.383 e. The molecule has 0 aromatic heterocycles. The lowest BCUT2D eigenvalue weighted by atomic mass is 9.96. The van der Waals surface area contributed by atoms with Crippen molar-refractivity contribution in [3.63, 3.8) is 0 Å². The van der Waals surface area contributed by atoms with Crippen molar-refractivity contribution in [2.45, 2.75) is 13.8 Å². The van der Waals surface area contributed by atoms with E-state index in [0.29, 0.717) is 38.1 Å². The molecule has 5 nitrogen and oxygen atoms in total. The van der Waals surface area contributed by atoms with Crippen molar-refractivity contribution < 1.29 is 9.53 Å². The molecule has 0 aliphatic heterocycles. The first-order chi connectivity index (χ1) is 7.61. The minimum absolute atomic E-state index is 0.00317. The standard InChI is InChI=1S/C11H25N3O2/c1-9(2)10(6-12)7-13-8-11(15)14-4-5-16-3/h9-10,13H,4-8,12H2,1-3H3,(H,14,15). The van der Waals surface area contributed by atoms with Gasteiger partial charge in [0.25, 0.3) is 0 Å². The summed E-state index contributed by atoms with van der Waals surface area (Å²) in [5, 5.41) is 5.86. The molecule has 0 saturated carbocycles. The molecule has 1 amide bonds. The van der Waals surface area contributed by atoms with E-state index in [1.54, 1.807) is 7.11 Å². The van der Waals surface area contributed by atoms with E-state index >= 15 is 0 Å². The van der Waals surface area contributed by atoms with Crippen LogP contribution in [0.4, 0.5) is 0 Å². The third-order valence-electron chi connectivity index (χ3n) is 2.57. The number of hydrogen-bond acceptors (Lipinski definition) is 4. The minimum Gasteiger partial charge on any atom is -0.383 e. The Kier molecular flexibility index (Phi) is 9.18.